The van der Waals surface area contributed by atoms with Gasteiger partial charge in [-0.2, -0.15) is 0 Å². The van der Waals surface area contributed by atoms with Crippen molar-refractivity contribution < 1.29 is 19.1 Å². The summed E-state index contributed by atoms with van der Waals surface area (Å²) >= 11 is 0. The number of ether oxygens (including phenoxy) is 1. The van der Waals surface area contributed by atoms with Crippen molar-refractivity contribution in [3.63, 3.8) is 0 Å². The molecule has 1 unspecified atom stereocenters. The summed E-state index contributed by atoms with van der Waals surface area (Å²) < 4.78 is 5.71. The number of nitrogens with zero attached hydrogens (tertiary/aromatic N) is 3. The highest BCUT2D eigenvalue weighted by atomic mass is 16.6. The van der Waals surface area contributed by atoms with Crippen LogP contribution >= 0.6 is 0 Å². The number of aromatic nitrogens is 1. The number of benzene rings is 1. The van der Waals surface area contributed by atoms with Crippen LogP contribution < -0.4 is 0 Å². The number of carbonyl (C=O) groups is 3. The zero-order valence-electron chi connectivity index (χ0n) is 21.8. The number of ketones is 1. The van der Waals surface area contributed by atoms with E-state index in [1.165, 1.54) is 5.56 Å². The van der Waals surface area contributed by atoms with E-state index >= 15 is 0 Å². The van der Waals surface area contributed by atoms with E-state index in [1.54, 1.807) is 36.8 Å². The maximum atomic E-state index is 13.1. The summed E-state index contributed by atoms with van der Waals surface area (Å²) in [5.74, 6) is -0.879. The number of carbonyl (C=O) groups excluding carboxylic acids is 3. The first-order valence-corrected chi connectivity index (χ1v) is 13.0. The minimum atomic E-state index is -0.731. The van der Waals surface area contributed by atoms with Gasteiger partial charge < -0.3 is 14.5 Å². The van der Waals surface area contributed by atoms with Crippen LogP contribution in [-0.2, 0) is 27.2 Å². The molecule has 1 aromatic heterocycles. The first kappa shape index (κ1) is 27.4. The fraction of sp³-hybridized carbons (Fsp3) is 0.517. The predicted molar refractivity (Wildman–Crippen MR) is 139 cm³/mol. The topological polar surface area (TPSA) is 79.8 Å². The molecule has 194 valence electrons. The molecule has 2 amide bonds. The summed E-state index contributed by atoms with van der Waals surface area (Å²) in [5.41, 5.74) is 1.65. The second-order valence-electron chi connectivity index (χ2n) is 10.5. The molecule has 0 spiro atoms. The van der Waals surface area contributed by atoms with Crippen LogP contribution in [0.2, 0.25) is 0 Å². The van der Waals surface area contributed by atoms with Crippen LogP contribution in [0.4, 0.5) is 4.79 Å². The number of hydrogen-bond donors (Lipinski definition) is 0. The molecule has 1 aliphatic heterocycles. The SMILES string of the molecule is CC(C)(C)C(=O)C(=O)N1CCCC1COC(=O)N(CCCc1ccccc1)CCCc1cccnc1. The van der Waals surface area contributed by atoms with Crippen LogP contribution in [-0.4, -0.2) is 64.9 Å². The summed E-state index contributed by atoms with van der Waals surface area (Å²) in [4.78, 5) is 45.8. The molecule has 36 heavy (non-hydrogen) atoms. The van der Waals surface area contributed by atoms with Crippen molar-refractivity contribution in [3.8, 4) is 0 Å². The summed E-state index contributed by atoms with van der Waals surface area (Å²) in [5, 5.41) is 0. The third kappa shape index (κ3) is 8.18. The highest BCUT2D eigenvalue weighted by Gasteiger charge is 2.37. The van der Waals surface area contributed by atoms with E-state index in [0.29, 0.717) is 19.6 Å². The molecule has 0 aliphatic carbocycles. The number of pyridine rings is 1. The van der Waals surface area contributed by atoms with E-state index in [-0.39, 0.29) is 18.7 Å². The monoisotopic (exact) mass is 493 g/mol. The van der Waals surface area contributed by atoms with Gasteiger partial charge in [0.1, 0.15) is 6.61 Å². The quantitative estimate of drug-likeness (QED) is 0.424. The zero-order chi connectivity index (χ0) is 26.0. The first-order valence-electron chi connectivity index (χ1n) is 13.0. The highest BCUT2D eigenvalue weighted by Crippen LogP contribution is 2.23. The van der Waals surface area contributed by atoms with Gasteiger partial charge in [-0.1, -0.05) is 57.2 Å². The Kier molecular flexibility index (Phi) is 10.0. The molecule has 2 aromatic rings. The molecule has 1 atom stereocenters. The van der Waals surface area contributed by atoms with Crippen molar-refractivity contribution >= 4 is 17.8 Å². The lowest BCUT2D eigenvalue weighted by Crippen LogP contribution is -2.46. The Balaban J connectivity index is 1.55. The Labute approximate surface area is 214 Å². The van der Waals surface area contributed by atoms with E-state index in [4.69, 9.17) is 4.74 Å². The predicted octanol–water partition coefficient (Wildman–Crippen LogP) is 4.69. The molecule has 1 saturated heterocycles. The largest absolute Gasteiger partial charge is 0.447 e. The first-order chi connectivity index (χ1) is 17.3. The van der Waals surface area contributed by atoms with E-state index < -0.39 is 17.1 Å². The molecule has 1 aromatic carbocycles. The fourth-order valence-corrected chi connectivity index (χ4v) is 4.42. The normalized spacial score (nSPS) is 15.5. The molecule has 0 saturated carbocycles. The van der Waals surface area contributed by atoms with Crippen molar-refractivity contribution in [1.29, 1.82) is 0 Å². The van der Waals surface area contributed by atoms with Crippen LogP contribution in [0, 0.1) is 5.41 Å². The van der Waals surface area contributed by atoms with Crippen LogP contribution in [0.5, 0.6) is 0 Å². The maximum absolute atomic E-state index is 13.1. The lowest BCUT2D eigenvalue weighted by Gasteiger charge is -2.28. The molecule has 7 heteroatoms. The summed E-state index contributed by atoms with van der Waals surface area (Å²) in [6, 6.07) is 13.9. The van der Waals surface area contributed by atoms with Crippen molar-refractivity contribution in [2.24, 2.45) is 5.41 Å². The number of hydrogen-bond acceptors (Lipinski definition) is 5. The van der Waals surface area contributed by atoms with Gasteiger partial charge in [-0.3, -0.25) is 14.6 Å². The van der Waals surface area contributed by atoms with E-state index in [0.717, 1.165) is 44.1 Å². The Bertz CT molecular complexity index is 943. The number of aryl methyl sites for hydroxylation is 2. The summed E-state index contributed by atoms with van der Waals surface area (Å²) in [6.45, 7) is 7.05. The van der Waals surface area contributed by atoms with Crippen molar-refractivity contribution in [1.82, 2.24) is 14.8 Å². The molecular weight excluding hydrogens is 454 g/mol. The molecule has 3 rings (SSSR count). The van der Waals surface area contributed by atoms with Gasteiger partial charge in [-0.25, -0.2) is 4.79 Å². The summed E-state index contributed by atoms with van der Waals surface area (Å²) in [6.07, 6.45) is 8.12. The van der Waals surface area contributed by atoms with Gasteiger partial charge in [0.05, 0.1) is 6.04 Å². The zero-order valence-corrected chi connectivity index (χ0v) is 21.8. The van der Waals surface area contributed by atoms with E-state index in [1.807, 2.05) is 36.5 Å². The van der Waals surface area contributed by atoms with Crippen LogP contribution in [0.25, 0.3) is 0 Å². The van der Waals surface area contributed by atoms with E-state index in [9.17, 15) is 14.4 Å². The van der Waals surface area contributed by atoms with Gasteiger partial charge in [0.2, 0.25) is 5.78 Å². The van der Waals surface area contributed by atoms with Crippen LogP contribution in [0.3, 0.4) is 0 Å². The molecule has 0 N–H and O–H groups in total. The minimum absolute atomic E-state index is 0.111. The Hall–Kier alpha value is -3.22. The molecule has 1 fully saturated rings. The number of rotatable bonds is 11. The van der Waals surface area contributed by atoms with Crippen molar-refractivity contribution in [3.05, 3.63) is 66.0 Å². The Morgan fingerprint density at radius 3 is 2.31 bits per heavy atom. The van der Waals surface area contributed by atoms with Gasteiger partial charge in [-0.15, -0.1) is 0 Å². The fourth-order valence-electron chi connectivity index (χ4n) is 4.42. The third-order valence-electron chi connectivity index (χ3n) is 6.52. The summed E-state index contributed by atoms with van der Waals surface area (Å²) in [7, 11) is 0. The van der Waals surface area contributed by atoms with Crippen molar-refractivity contribution in [2.45, 2.75) is 65.3 Å². The lowest BCUT2D eigenvalue weighted by molar-refractivity contribution is -0.149. The molecular formula is C29H39N3O4. The van der Waals surface area contributed by atoms with Gasteiger partial charge in [0, 0.05) is 37.4 Å². The second-order valence-corrected chi connectivity index (χ2v) is 10.5. The third-order valence-corrected chi connectivity index (χ3v) is 6.52. The van der Waals surface area contributed by atoms with Crippen LogP contribution in [0.1, 0.15) is 57.6 Å². The average Bonchev–Trinajstić information content (AvgIpc) is 3.35. The highest BCUT2D eigenvalue weighted by molar-refractivity contribution is 6.37. The smallest absolute Gasteiger partial charge is 0.409 e. The van der Waals surface area contributed by atoms with Crippen molar-refractivity contribution in [2.75, 3.05) is 26.2 Å². The molecule has 0 bridgehead atoms. The number of amides is 2. The van der Waals surface area contributed by atoms with Gasteiger partial charge in [-0.05, 0) is 55.7 Å². The van der Waals surface area contributed by atoms with Crippen LogP contribution in [0.15, 0.2) is 54.9 Å². The maximum Gasteiger partial charge on any atom is 0.409 e. The average molecular weight is 494 g/mol. The van der Waals surface area contributed by atoms with Gasteiger partial charge >= 0.3 is 6.09 Å². The lowest BCUT2D eigenvalue weighted by atomic mass is 9.90. The number of likely N-dealkylation sites (tertiary alicyclic amines) is 1. The van der Waals surface area contributed by atoms with Gasteiger partial charge in [0.25, 0.3) is 5.91 Å². The van der Waals surface area contributed by atoms with Gasteiger partial charge in [0.15, 0.2) is 0 Å². The van der Waals surface area contributed by atoms with E-state index in [2.05, 4.69) is 17.1 Å². The minimum Gasteiger partial charge on any atom is -0.447 e. The second kappa shape index (κ2) is 13.2. The number of Topliss-reactive ketones (excluding diaryl/α,β-unsaturated/α-hetero) is 1. The molecule has 1 aliphatic rings. The Morgan fingerprint density at radius 1 is 1.00 bits per heavy atom. The molecule has 0 radical (unpaired) electrons. The Morgan fingerprint density at radius 2 is 1.67 bits per heavy atom. The molecule has 2 heterocycles. The standard InChI is InChI=1S/C29H39N3O4/c1-29(2,3)26(33)27(34)32-20-10-16-25(32)22-36-28(35)31(18-8-14-23-11-5-4-6-12-23)19-9-15-24-13-7-17-30-21-24/h4-7,11-13,17,21,25H,8-10,14-16,18-20,22H2,1-3H3. The molecule has 7 nitrogen and oxygen atoms in total.